The Hall–Kier alpha value is -0.0800. The predicted molar refractivity (Wildman–Crippen MR) is 66.6 cm³/mol. The monoisotopic (exact) mass is 215 g/mol. The molecule has 0 aliphatic heterocycles. The molecule has 0 aromatic heterocycles. The highest BCUT2D eigenvalue weighted by Gasteiger charge is 2.27. The smallest absolute Gasteiger partial charge is 0.0585 e. The first-order chi connectivity index (χ1) is 6.70. The molecule has 0 aliphatic carbocycles. The predicted octanol–water partition coefficient (Wildman–Crippen LogP) is 2.65. The fourth-order valence-electron chi connectivity index (χ4n) is 1.76. The van der Waals surface area contributed by atoms with Gasteiger partial charge in [-0.15, -0.1) is 0 Å². The minimum atomic E-state index is -0.260. The van der Waals surface area contributed by atoms with Crippen molar-refractivity contribution < 1.29 is 5.11 Å². The molecule has 0 fully saturated rings. The highest BCUT2D eigenvalue weighted by Crippen LogP contribution is 2.31. The molecule has 0 aromatic rings. The van der Waals surface area contributed by atoms with E-state index in [1.807, 2.05) is 0 Å². The molecule has 3 atom stereocenters. The van der Waals surface area contributed by atoms with E-state index in [9.17, 15) is 5.11 Å². The van der Waals surface area contributed by atoms with Crippen LogP contribution < -0.4 is 5.73 Å². The first-order valence-electron chi connectivity index (χ1n) is 6.08. The van der Waals surface area contributed by atoms with E-state index in [2.05, 4.69) is 41.5 Å². The number of hydrogen-bond acceptors (Lipinski definition) is 2. The minimum absolute atomic E-state index is 0.231. The van der Waals surface area contributed by atoms with Crippen molar-refractivity contribution in [1.82, 2.24) is 0 Å². The van der Waals surface area contributed by atoms with Crippen molar-refractivity contribution >= 4 is 0 Å². The standard InChI is InChI=1S/C13H29NO/c1-9(2)11(8-14)12(15)7-10(3)13(4,5)6/h9-12,15H,7-8,14H2,1-6H3. The molecular formula is C13H29NO. The molecule has 2 nitrogen and oxygen atoms in total. The van der Waals surface area contributed by atoms with Crippen molar-refractivity contribution in [2.45, 2.75) is 54.1 Å². The molecule has 0 aliphatic rings. The van der Waals surface area contributed by atoms with Crippen LogP contribution in [0.2, 0.25) is 0 Å². The summed E-state index contributed by atoms with van der Waals surface area (Å²) in [7, 11) is 0. The van der Waals surface area contributed by atoms with Gasteiger partial charge in [-0.05, 0) is 36.1 Å². The van der Waals surface area contributed by atoms with Gasteiger partial charge < -0.3 is 10.8 Å². The highest BCUT2D eigenvalue weighted by molar-refractivity contribution is 4.79. The van der Waals surface area contributed by atoms with E-state index >= 15 is 0 Å². The lowest BCUT2D eigenvalue weighted by atomic mass is 9.76. The Balaban J connectivity index is 4.28. The molecular weight excluding hydrogens is 186 g/mol. The Morgan fingerprint density at radius 3 is 1.87 bits per heavy atom. The Labute approximate surface area is 95.3 Å². The van der Waals surface area contributed by atoms with Crippen LogP contribution in [0.5, 0.6) is 0 Å². The molecule has 15 heavy (non-hydrogen) atoms. The summed E-state index contributed by atoms with van der Waals surface area (Å²) in [4.78, 5) is 0. The molecule has 3 unspecified atom stereocenters. The number of hydrogen-bond donors (Lipinski definition) is 2. The lowest BCUT2D eigenvalue weighted by Gasteiger charge is -2.33. The van der Waals surface area contributed by atoms with Crippen molar-refractivity contribution in [3.05, 3.63) is 0 Å². The van der Waals surface area contributed by atoms with Gasteiger partial charge in [-0.25, -0.2) is 0 Å². The molecule has 0 aromatic carbocycles. The third-order valence-electron chi connectivity index (χ3n) is 3.70. The van der Waals surface area contributed by atoms with Gasteiger partial charge in [-0.2, -0.15) is 0 Å². The van der Waals surface area contributed by atoms with Crippen LogP contribution in [-0.4, -0.2) is 17.8 Å². The van der Waals surface area contributed by atoms with Crippen molar-refractivity contribution in [1.29, 1.82) is 0 Å². The summed E-state index contributed by atoms with van der Waals surface area (Å²) in [5, 5.41) is 10.1. The highest BCUT2D eigenvalue weighted by atomic mass is 16.3. The largest absolute Gasteiger partial charge is 0.393 e. The summed E-state index contributed by atoms with van der Waals surface area (Å²) in [6.45, 7) is 13.7. The Kier molecular flexibility index (Phi) is 5.82. The summed E-state index contributed by atoms with van der Waals surface area (Å²) in [6, 6.07) is 0. The lowest BCUT2D eigenvalue weighted by molar-refractivity contribution is 0.0463. The van der Waals surface area contributed by atoms with Crippen molar-refractivity contribution in [2.75, 3.05) is 6.54 Å². The van der Waals surface area contributed by atoms with Crippen LogP contribution in [0.4, 0.5) is 0 Å². The third kappa shape index (κ3) is 4.98. The van der Waals surface area contributed by atoms with Crippen molar-refractivity contribution in [3.8, 4) is 0 Å². The first-order valence-corrected chi connectivity index (χ1v) is 6.08. The maximum Gasteiger partial charge on any atom is 0.0585 e. The molecule has 92 valence electrons. The van der Waals surface area contributed by atoms with Gasteiger partial charge in [0.2, 0.25) is 0 Å². The molecule has 0 rings (SSSR count). The molecule has 0 bridgehead atoms. The summed E-state index contributed by atoms with van der Waals surface area (Å²) >= 11 is 0. The molecule has 0 heterocycles. The van der Waals surface area contributed by atoms with Crippen LogP contribution in [-0.2, 0) is 0 Å². The first kappa shape index (κ1) is 14.9. The summed E-state index contributed by atoms with van der Waals surface area (Å²) < 4.78 is 0. The maximum atomic E-state index is 10.1. The number of aliphatic hydroxyl groups excluding tert-OH is 1. The lowest BCUT2D eigenvalue weighted by Crippen LogP contribution is -2.35. The van der Waals surface area contributed by atoms with Crippen LogP contribution in [0.1, 0.15) is 48.0 Å². The van der Waals surface area contributed by atoms with Crippen LogP contribution in [0.3, 0.4) is 0 Å². The molecule has 0 saturated carbocycles. The van der Waals surface area contributed by atoms with Gasteiger partial charge in [0.15, 0.2) is 0 Å². The molecule has 3 N–H and O–H groups in total. The van der Waals surface area contributed by atoms with Crippen LogP contribution >= 0.6 is 0 Å². The molecule has 0 spiro atoms. The van der Waals surface area contributed by atoms with Gasteiger partial charge in [0.1, 0.15) is 0 Å². The van der Waals surface area contributed by atoms with Gasteiger partial charge in [0.25, 0.3) is 0 Å². The van der Waals surface area contributed by atoms with Gasteiger partial charge >= 0.3 is 0 Å². The zero-order valence-corrected chi connectivity index (χ0v) is 11.2. The Morgan fingerprint density at radius 1 is 1.13 bits per heavy atom. The van der Waals surface area contributed by atoms with E-state index in [0.717, 1.165) is 6.42 Å². The summed E-state index contributed by atoms with van der Waals surface area (Å²) in [5.74, 6) is 1.20. The van der Waals surface area contributed by atoms with Crippen molar-refractivity contribution in [2.24, 2.45) is 28.9 Å². The zero-order valence-electron chi connectivity index (χ0n) is 11.2. The van der Waals surface area contributed by atoms with Gasteiger partial charge in [-0.3, -0.25) is 0 Å². The molecule has 0 radical (unpaired) electrons. The normalized spacial score (nSPS) is 19.0. The summed E-state index contributed by atoms with van der Waals surface area (Å²) in [6.07, 6.45) is 0.591. The Morgan fingerprint density at radius 2 is 1.60 bits per heavy atom. The third-order valence-corrected chi connectivity index (χ3v) is 3.70. The zero-order chi connectivity index (χ0) is 12.2. The summed E-state index contributed by atoms with van der Waals surface area (Å²) in [5.41, 5.74) is 5.96. The van der Waals surface area contributed by atoms with E-state index in [4.69, 9.17) is 5.73 Å². The number of rotatable bonds is 5. The van der Waals surface area contributed by atoms with Crippen LogP contribution in [0, 0.1) is 23.2 Å². The Bertz CT molecular complexity index is 172. The molecule has 0 amide bonds. The van der Waals surface area contributed by atoms with Crippen LogP contribution in [0.25, 0.3) is 0 Å². The SMILES string of the molecule is CC(C)C(CN)C(O)CC(C)C(C)(C)C. The number of aliphatic hydroxyl groups is 1. The quantitative estimate of drug-likeness (QED) is 0.740. The van der Waals surface area contributed by atoms with Gasteiger partial charge in [-0.1, -0.05) is 41.5 Å². The van der Waals surface area contributed by atoms with E-state index in [1.165, 1.54) is 0 Å². The van der Waals surface area contributed by atoms with E-state index < -0.39 is 0 Å². The number of nitrogens with two attached hydrogens (primary N) is 1. The maximum absolute atomic E-state index is 10.1. The average Bonchev–Trinajstić information content (AvgIpc) is 2.02. The van der Waals surface area contributed by atoms with Crippen LogP contribution in [0.15, 0.2) is 0 Å². The molecule has 2 heteroatoms. The minimum Gasteiger partial charge on any atom is -0.393 e. The van der Waals surface area contributed by atoms with E-state index in [-0.39, 0.29) is 17.4 Å². The van der Waals surface area contributed by atoms with Gasteiger partial charge in [0, 0.05) is 0 Å². The average molecular weight is 215 g/mol. The second-order valence-electron chi connectivity index (χ2n) is 6.21. The van der Waals surface area contributed by atoms with E-state index in [0.29, 0.717) is 18.4 Å². The second kappa shape index (κ2) is 5.86. The van der Waals surface area contributed by atoms with E-state index in [1.54, 1.807) is 0 Å². The fraction of sp³-hybridized carbons (Fsp3) is 1.00. The van der Waals surface area contributed by atoms with Crippen molar-refractivity contribution in [3.63, 3.8) is 0 Å². The van der Waals surface area contributed by atoms with Gasteiger partial charge in [0.05, 0.1) is 6.10 Å². The molecule has 0 saturated heterocycles. The topological polar surface area (TPSA) is 46.2 Å². The second-order valence-corrected chi connectivity index (χ2v) is 6.21. The fourth-order valence-corrected chi connectivity index (χ4v) is 1.76.